The van der Waals surface area contributed by atoms with E-state index in [1.165, 1.54) is 18.3 Å². The zero-order valence-corrected chi connectivity index (χ0v) is 19.0. The van der Waals surface area contributed by atoms with Gasteiger partial charge in [-0.15, -0.1) is 0 Å². The van der Waals surface area contributed by atoms with Crippen molar-refractivity contribution in [3.05, 3.63) is 111 Å². The van der Waals surface area contributed by atoms with Crippen LogP contribution in [0, 0.1) is 30.9 Å². The Morgan fingerprint density at radius 3 is 2.26 bits per heavy atom. The molecule has 8 nitrogen and oxygen atoms in total. The maximum absolute atomic E-state index is 12.8. The fourth-order valence-corrected chi connectivity index (χ4v) is 3.40. The molecular weight excluding hydrogens is 430 g/mol. The largest absolute Gasteiger partial charge is 0.291 e. The van der Waals surface area contributed by atoms with Crippen LogP contribution in [0.4, 0.5) is 5.69 Å². The summed E-state index contributed by atoms with van der Waals surface area (Å²) >= 11 is 0. The van der Waals surface area contributed by atoms with Crippen LogP contribution >= 0.6 is 0 Å². The number of nitro groups is 1. The number of carbonyl (C=O) groups is 1. The quantitative estimate of drug-likeness (QED) is 0.248. The number of nitrogens with zero attached hydrogens (tertiary/aromatic N) is 4. The fraction of sp³-hybridized carbons (Fsp3) is 0.115. The summed E-state index contributed by atoms with van der Waals surface area (Å²) < 4.78 is 1.73. The van der Waals surface area contributed by atoms with Gasteiger partial charge in [-0.2, -0.15) is 10.2 Å². The minimum absolute atomic E-state index is 0.0436. The number of nitro benzene ring substituents is 1. The summed E-state index contributed by atoms with van der Waals surface area (Å²) in [6.45, 7) is 5.83. The molecule has 0 radical (unpaired) electrons. The molecule has 1 aromatic heterocycles. The second-order valence-electron chi connectivity index (χ2n) is 8.03. The van der Waals surface area contributed by atoms with Gasteiger partial charge < -0.3 is 0 Å². The molecule has 1 N–H and O–H groups in total. The number of carbonyl (C=O) groups excluding carboxylic acids is 1. The third-order valence-electron chi connectivity index (χ3n) is 5.41. The Morgan fingerprint density at radius 2 is 1.62 bits per heavy atom. The van der Waals surface area contributed by atoms with Gasteiger partial charge in [-0.1, -0.05) is 53.6 Å². The molecule has 0 saturated heterocycles. The van der Waals surface area contributed by atoms with Gasteiger partial charge in [0.15, 0.2) is 5.69 Å². The molecule has 34 heavy (non-hydrogen) atoms. The summed E-state index contributed by atoms with van der Waals surface area (Å²) in [4.78, 5) is 23.4. The van der Waals surface area contributed by atoms with Crippen LogP contribution in [0.1, 0.15) is 32.7 Å². The second-order valence-corrected chi connectivity index (χ2v) is 8.03. The van der Waals surface area contributed by atoms with Crippen LogP contribution in [0.25, 0.3) is 16.9 Å². The average Bonchev–Trinajstić information content (AvgIpc) is 3.26. The van der Waals surface area contributed by atoms with Gasteiger partial charge >= 0.3 is 0 Å². The molecule has 1 heterocycles. The first-order valence-corrected chi connectivity index (χ1v) is 10.6. The maximum atomic E-state index is 12.8. The fourth-order valence-electron chi connectivity index (χ4n) is 3.40. The van der Waals surface area contributed by atoms with E-state index in [1.54, 1.807) is 16.8 Å². The van der Waals surface area contributed by atoms with Gasteiger partial charge in [0.2, 0.25) is 0 Å². The van der Waals surface area contributed by atoms with Crippen molar-refractivity contribution in [2.75, 3.05) is 0 Å². The molecule has 0 saturated carbocycles. The van der Waals surface area contributed by atoms with E-state index >= 15 is 0 Å². The lowest BCUT2D eigenvalue weighted by Gasteiger charge is -2.08. The number of amides is 1. The summed E-state index contributed by atoms with van der Waals surface area (Å²) in [5.41, 5.74) is 8.75. The van der Waals surface area contributed by atoms with E-state index in [4.69, 9.17) is 0 Å². The normalized spacial score (nSPS) is 11.0. The average molecular weight is 454 g/mol. The Hall–Kier alpha value is -4.59. The lowest BCUT2D eigenvalue weighted by Crippen LogP contribution is -2.18. The van der Waals surface area contributed by atoms with Crippen molar-refractivity contribution >= 4 is 17.8 Å². The van der Waals surface area contributed by atoms with Crippen LogP contribution < -0.4 is 5.43 Å². The lowest BCUT2D eigenvalue weighted by molar-refractivity contribution is -0.384. The van der Waals surface area contributed by atoms with Crippen molar-refractivity contribution in [1.29, 1.82) is 0 Å². The number of aromatic nitrogens is 2. The van der Waals surface area contributed by atoms with E-state index in [0.29, 0.717) is 5.56 Å². The lowest BCUT2D eigenvalue weighted by atomic mass is 10.1. The molecular formula is C26H23N5O3. The number of nitrogens with one attached hydrogen (secondary N) is 1. The summed E-state index contributed by atoms with van der Waals surface area (Å²) in [5, 5.41) is 19.5. The van der Waals surface area contributed by atoms with Gasteiger partial charge in [0.25, 0.3) is 11.6 Å². The highest BCUT2D eigenvalue weighted by molar-refractivity contribution is 5.94. The molecule has 4 aromatic rings. The second kappa shape index (κ2) is 9.50. The first kappa shape index (κ1) is 22.6. The number of rotatable bonds is 6. The Kier molecular flexibility index (Phi) is 6.31. The van der Waals surface area contributed by atoms with Crippen LogP contribution in [0.2, 0.25) is 0 Å². The molecule has 0 fully saturated rings. The molecule has 0 unspecified atom stereocenters. The molecule has 170 valence electrons. The molecule has 0 atom stereocenters. The predicted octanol–water partition coefficient (Wildman–Crippen LogP) is 5.14. The van der Waals surface area contributed by atoms with Gasteiger partial charge in [-0.05, 0) is 44.5 Å². The van der Waals surface area contributed by atoms with Crippen molar-refractivity contribution in [1.82, 2.24) is 15.2 Å². The smallest absolute Gasteiger partial charge is 0.265 e. The Morgan fingerprint density at radius 1 is 0.971 bits per heavy atom. The topological polar surface area (TPSA) is 102 Å². The third kappa shape index (κ3) is 4.91. The highest BCUT2D eigenvalue weighted by atomic mass is 16.6. The highest BCUT2D eigenvalue weighted by Gasteiger charge is 2.17. The molecule has 0 aliphatic heterocycles. The number of aryl methyl sites for hydroxylation is 3. The molecule has 1 amide bonds. The highest BCUT2D eigenvalue weighted by Crippen LogP contribution is 2.25. The first-order chi connectivity index (χ1) is 16.3. The van der Waals surface area contributed by atoms with Crippen molar-refractivity contribution in [2.45, 2.75) is 20.8 Å². The summed E-state index contributed by atoms with van der Waals surface area (Å²) in [6.07, 6.45) is 1.39. The number of non-ortho nitro benzene ring substituents is 1. The molecule has 4 rings (SSSR count). The standard InChI is InChI=1S/C26H23N5O3/c1-17-4-9-20(10-5-17)25-15-24(29-30(25)22-11-6-18(2)7-12-22)26(32)28-27-16-21-14-23(31(33)34)13-8-19(21)3/h4-16H,1-3H3,(H,28,32)/b27-16-. The van der Waals surface area contributed by atoms with Gasteiger partial charge in [0.05, 0.1) is 22.5 Å². The molecule has 8 heteroatoms. The van der Waals surface area contributed by atoms with E-state index < -0.39 is 10.8 Å². The van der Waals surface area contributed by atoms with E-state index in [2.05, 4.69) is 15.6 Å². The van der Waals surface area contributed by atoms with E-state index in [-0.39, 0.29) is 11.4 Å². The minimum Gasteiger partial charge on any atom is -0.265 e. The predicted molar refractivity (Wildman–Crippen MR) is 131 cm³/mol. The Balaban J connectivity index is 1.63. The van der Waals surface area contributed by atoms with Gasteiger partial charge in [0, 0.05) is 23.3 Å². The molecule has 0 spiro atoms. The summed E-state index contributed by atoms with van der Waals surface area (Å²) in [5.74, 6) is -0.487. The zero-order valence-electron chi connectivity index (χ0n) is 19.0. The van der Waals surface area contributed by atoms with Crippen LogP contribution in [0.15, 0.2) is 77.9 Å². The maximum Gasteiger partial charge on any atom is 0.291 e. The Bertz CT molecular complexity index is 1320. The van der Waals surface area contributed by atoms with Gasteiger partial charge in [0.1, 0.15) is 0 Å². The van der Waals surface area contributed by atoms with Crippen LogP contribution in [0.3, 0.4) is 0 Å². The monoisotopic (exact) mass is 453 g/mol. The minimum atomic E-state index is -0.487. The molecule has 0 aliphatic rings. The van der Waals surface area contributed by atoms with Crippen molar-refractivity contribution in [3.8, 4) is 16.9 Å². The number of benzene rings is 3. The van der Waals surface area contributed by atoms with Crippen molar-refractivity contribution < 1.29 is 9.72 Å². The number of hydrazone groups is 1. The van der Waals surface area contributed by atoms with Gasteiger partial charge in [-0.3, -0.25) is 14.9 Å². The van der Waals surface area contributed by atoms with Crippen LogP contribution in [0.5, 0.6) is 0 Å². The first-order valence-electron chi connectivity index (χ1n) is 10.6. The van der Waals surface area contributed by atoms with E-state index in [1.807, 2.05) is 69.3 Å². The van der Waals surface area contributed by atoms with Gasteiger partial charge in [-0.25, -0.2) is 10.1 Å². The SMILES string of the molecule is Cc1ccc(-c2cc(C(=O)N/N=C\c3cc([N+](=O)[O-])ccc3C)nn2-c2ccc(C)cc2)cc1. The number of hydrogen-bond donors (Lipinski definition) is 1. The Labute approximate surface area is 196 Å². The van der Waals surface area contributed by atoms with Crippen molar-refractivity contribution in [3.63, 3.8) is 0 Å². The third-order valence-corrected chi connectivity index (χ3v) is 5.41. The van der Waals surface area contributed by atoms with E-state index in [9.17, 15) is 14.9 Å². The van der Waals surface area contributed by atoms with Crippen molar-refractivity contribution in [2.24, 2.45) is 5.10 Å². The van der Waals surface area contributed by atoms with E-state index in [0.717, 1.165) is 33.6 Å². The van der Waals surface area contributed by atoms with Crippen LogP contribution in [-0.2, 0) is 0 Å². The molecule has 3 aromatic carbocycles. The zero-order chi connectivity index (χ0) is 24.2. The summed E-state index contributed by atoms with van der Waals surface area (Å²) in [7, 11) is 0. The molecule has 0 aliphatic carbocycles. The summed E-state index contributed by atoms with van der Waals surface area (Å²) in [6, 6.07) is 22.1. The van der Waals surface area contributed by atoms with Crippen LogP contribution in [-0.4, -0.2) is 26.8 Å². The number of hydrogen-bond acceptors (Lipinski definition) is 5. The molecule has 0 bridgehead atoms.